The second-order valence-electron chi connectivity index (χ2n) is 3.44. The molecule has 4 heteroatoms. The molecule has 2 aromatic rings. The lowest BCUT2D eigenvalue weighted by Crippen LogP contribution is -2.05. The summed E-state index contributed by atoms with van der Waals surface area (Å²) in [6.07, 6.45) is 3.52. The first-order valence-corrected chi connectivity index (χ1v) is 4.91. The van der Waals surface area contributed by atoms with Crippen molar-refractivity contribution in [3.63, 3.8) is 0 Å². The van der Waals surface area contributed by atoms with Gasteiger partial charge in [0, 0.05) is 12.4 Å². The van der Waals surface area contributed by atoms with Crippen LogP contribution in [0.5, 0.6) is 0 Å². The van der Waals surface area contributed by atoms with E-state index in [0.717, 1.165) is 11.3 Å². The maximum atomic E-state index is 11.5. The third-order valence-electron chi connectivity index (χ3n) is 2.40. The van der Waals surface area contributed by atoms with Crippen LogP contribution in [0.4, 0.5) is 0 Å². The minimum Gasteiger partial charge on any atom is -0.465 e. The molecule has 1 aromatic heterocycles. The summed E-state index contributed by atoms with van der Waals surface area (Å²) in [7, 11) is 1.38. The van der Waals surface area contributed by atoms with Gasteiger partial charge in [0.1, 0.15) is 0 Å². The number of nitrogens with zero attached hydrogens (tertiary/aromatic N) is 2. The van der Waals surface area contributed by atoms with E-state index in [1.54, 1.807) is 16.9 Å². The van der Waals surface area contributed by atoms with Crippen LogP contribution in [0.15, 0.2) is 36.7 Å². The van der Waals surface area contributed by atoms with Crippen molar-refractivity contribution >= 4 is 5.97 Å². The summed E-state index contributed by atoms with van der Waals surface area (Å²) in [5.74, 6) is -0.327. The van der Waals surface area contributed by atoms with Crippen molar-refractivity contribution in [2.75, 3.05) is 7.11 Å². The molecule has 0 aliphatic heterocycles. The van der Waals surface area contributed by atoms with E-state index in [1.165, 1.54) is 7.11 Å². The van der Waals surface area contributed by atoms with E-state index < -0.39 is 0 Å². The molecule has 82 valence electrons. The topological polar surface area (TPSA) is 44.1 Å². The third kappa shape index (κ3) is 1.82. The number of hydrogen-bond donors (Lipinski definition) is 0. The molecule has 0 amide bonds. The Balaban J connectivity index is 2.47. The van der Waals surface area contributed by atoms with Gasteiger partial charge in [-0.3, -0.25) is 0 Å². The van der Waals surface area contributed by atoms with Crippen LogP contribution in [0, 0.1) is 6.92 Å². The number of aryl methyl sites for hydroxylation is 1. The van der Waals surface area contributed by atoms with Crippen LogP contribution in [0.25, 0.3) is 5.69 Å². The van der Waals surface area contributed by atoms with Crippen molar-refractivity contribution in [1.29, 1.82) is 0 Å². The van der Waals surface area contributed by atoms with Gasteiger partial charge in [0.25, 0.3) is 0 Å². The normalized spacial score (nSPS) is 10.1. The molecule has 0 N–H and O–H groups in total. The Labute approximate surface area is 93.5 Å². The highest BCUT2D eigenvalue weighted by molar-refractivity contribution is 5.91. The van der Waals surface area contributed by atoms with Crippen LogP contribution >= 0.6 is 0 Å². The minimum atomic E-state index is -0.327. The first kappa shape index (κ1) is 10.4. The number of esters is 1. The monoisotopic (exact) mass is 216 g/mol. The van der Waals surface area contributed by atoms with Gasteiger partial charge in [-0.2, -0.15) is 5.10 Å². The fraction of sp³-hybridized carbons (Fsp3) is 0.167. The minimum absolute atomic E-state index is 0.327. The second-order valence-corrected chi connectivity index (χ2v) is 3.44. The molecule has 2 rings (SSSR count). The molecule has 0 aliphatic carbocycles. The van der Waals surface area contributed by atoms with Crippen LogP contribution in [-0.4, -0.2) is 22.9 Å². The first-order chi connectivity index (χ1) is 7.72. The smallest absolute Gasteiger partial charge is 0.338 e. The van der Waals surface area contributed by atoms with Gasteiger partial charge in [-0.1, -0.05) is 6.07 Å². The molecule has 4 nitrogen and oxygen atoms in total. The lowest BCUT2D eigenvalue weighted by atomic mass is 10.1. The van der Waals surface area contributed by atoms with Crippen LogP contribution < -0.4 is 0 Å². The second kappa shape index (κ2) is 4.18. The van der Waals surface area contributed by atoms with Crippen LogP contribution in [0.3, 0.4) is 0 Å². The van der Waals surface area contributed by atoms with Crippen molar-refractivity contribution in [3.05, 3.63) is 47.8 Å². The van der Waals surface area contributed by atoms with Gasteiger partial charge in [-0.05, 0) is 30.7 Å². The number of rotatable bonds is 2. The van der Waals surface area contributed by atoms with Gasteiger partial charge in [-0.25, -0.2) is 9.48 Å². The van der Waals surface area contributed by atoms with Crippen LogP contribution in [0.1, 0.15) is 15.9 Å². The summed E-state index contributed by atoms with van der Waals surface area (Å²) in [6.45, 7) is 1.87. The Morgan fingerprint density at radius 3 is 2.88 bits per heavy atom. The average Bonchev–Trinajstić information content (AvgIpc) is 2.82. The largest absolute Gasteiger partial charge is 0.465 e. The van der Waals surface area contributed by atoms with Crippen LogP contribution in [-0.2, 0) is 4.74 Å². The maximum Gasteiger partial charge on any atom is 0.338 e. The summed E-state index contributed by atoms with van der Waals surface area (Å²) in [5, 5.41) is 4.11. The Bertz CT molecular complexity index is 504. The molecule has 0 radical (unpaired) electrons. The molecule has 0 aliphatic rings. The first-order valence-electron chi connectivity index (χ1n) is 4.91. The third-order valence-corrected chi connectivity index (χ3v) is 2.40. The summed E-state index contributed by atoms with van der Waals surface area (Å²) >= 11 is 0. The zero-order valence-electron chi connectivity index (χ0n) is 9.18. The van der Waals surface area contributed by atoms with Crippen LogP contribution in [0.2, 0.25) is 0 Å². The average molecular weight is 216 g/mol. The van der Waals surface area contributed by atoms with E-state index >= 15 is 0 Å². The van der Waals surface area contributed by atoms with E-state index in [4.69, 9.17) is 4.74 Å². The van der Waals surface area contributed by atoms with Crippen molar-refractivity contribution < 1.29 is 9.53 Å². The number of aromatic nitrogens is 2. The molecule has 0 fully saturated rings. The Hall–Kier alpha value is -2.10. The Kier molecular flexibility index (Phi) is 2.72. The molecule has 1 aromatic carbocycles. The van der Waals surface area contributed by atoms with Gasteiger partial charge < -0.3 is 4.74 Å². The molecular formula is C12H12N2O2. The van der Waals surface area contributed by atoms with Gasteiger partial charge in [0.05, 0.1) is 18.4 Å². The quantitative estimate of drug-likeness (QED) is 0.721. The number of methoxy groups -OCH3 is 1. The number of carbonyl (C=O) groups excluding carboxylic acids is 1. The van der Waals surface area contributed by atoms with Crippen molar-refractivity contribution in [2.24, 2.45) is 0 Å². The summed E-state index contributed by atoms with van der Waals surface area (Å²) < 4.78 is 6.42. The number of benzene rings is 1. The van der Waals surface area contributed by atoms with E-state index in [-0.39, 0.29) is 5.97 Å². The lowest BCUT2D eigenvalue weighted by molar-refractivity contribution is 0.0600. The summed E-state index contributed by atoms with van der Waals surface area (Å²) in [6, 6.07) is 7.39. The maximum absolute atomic E-state index is 11.5. The van der Waals surface area contributed by atoms with Crippen molar-refractivity contribution in [3.8, 4) is 5.69 Å². The molecule has 0 unspecified atom stereocenters. The van der Waals surface area contributed by atoms with Crippen molar-refractivity contribution in [1.82, 2.24) is 9.78 Å². The zero-order chi connectivity index (χ0) is 11.5. The summed E-state index contributed by atoms with van der Waals surface area (Å²) in [4.78, 5) is 11.5. The molecule has 0 atom stereocenters. The number of hydrogen-bond acceptors (Lipinski definition) is 3. The Morgan fingerprint density at radius 2 is 2.25 bits per heavy atom. The van der Waals surface area contributed by atoms with E-state index in [1.807, 2.05) is 31.3 Å². The molecular weight excluding hydrogens is 204 g/mol. The van der Waals surface area contributed by atoms with E-state index in [0.29, 0.717) is 5.56 Å². The molecule has 0 saturated carbocycles. The summed E-state index contributed by atoms with van der Waals surface area (Å²) in [5.41, 5.74) is 2.30. The number of ether oxygens (including phenoxy) is 1. The highest BCUT2D eigenvalue weighted by Gasteiger charge is 2.10. The SMILES string of the molecule is COC(=O)c1cc(-n2cccn2)ccc1C. The zero-order valence-corrected chi connectivity index (χ0v) is 9.18. The standard InChI is InChI=1S/C12H12N2O2/c1-9-4-5-10(14-7-3-6-13-14)8-11(9)12(15)16-2/h3-8H,1-2H3. The Morgan fingerprint density at radius 1 is 1.44 bits per heavy atom. The molecule has 1 heterocycles. The van der Waals surface area contributed by atoms with Gasteiger partial charge >= 0.3 is 5.97 Å². The molecule has 0 saturated heterocycles. The van der Waals surface area contributed by atoms with E-state index in [2.05, 4.69) is 5.10 Å². The fourth-order valence-corrected chi connectivity index (χ4v) is 1.50. The predicted molar refractivity (Wildman–Crippen MR) is 59.6 cm³/mol. The highest BCUT2D eigenvalue weighted by atomic mass is 16.5. The highest BCUT2D eigenvalue weighted by Crippen LogP contribution is 2.15. The predicted octanol–water partition coefficient (Wildman–Crippen LogP) is 1.97. The molecule has 0 bridgehead atoms. The van der Waals surface area contributed by atoms with Gasteiger partial charge in [-0.15, -0.1) is 0 Å². The lowest BCUT2D eigenvalue weighted by Gasteiger charge is -2.07. The number of carbonyl (C=O) groups is 1. The van der Waals surface area contributed by atoms with Gasteiger partial charge in [0.15, 0.2) is 0 Å². The molecule has 16 heavy (non-hydrogen) atoms. The van der Waals surface area contributed by atoms with Crippen molar-refractivity contribution in [2.45, 2.75) is 6.92 Å². The van der Waals surface area contributed by atoms with E-state index in [9.17, 15) is 4.79 Å². The molecule has 0 spiro atoms. The fourth-order valence-electron chi connectivity index (χ4n) is 1.50. The van der Waals surface area contributed by atoms with Gasteiger partial charge in [0.2, 0.25) is 0 Å².